The maximum atomic E-state index is 12.7. The number of alkyl halides is 2. The van der Waals surface area contributed by atoms with Gasteiger partial charge in [0.15, 0.2) is 0 Å². The molecule has 108 valence electrons. The van der Waals surface area contributed by atoms with Gasteiger partial charge in [-0.1, -0.05) is 13.8 Å². The molecule has 0 aliphatic carbocycles. The van der Waals surface area contributed by atoms with Gasteiger partial charge in [0, 0.05) is 6.42 Å². The summed E-state index contributed by atoms with van der Waals surface area (Å²) in [5.74, 6) is -2.96. The summed E-state index contributed by atoms with van der Waals surface area (Å²) in [6.07, 6.45) is 1.07. The standard InChI is InChI=1S/C12H24F2N2O2/c1-9(2)6-10(3)18-5-4-11(17)16-8-12(13,14)7-15/h9-10H,4-8,15H2,1-3H3,(H,16,17). The third kappa shape index (κ3) is 9.30. The van der Waals surface area contributed by atoms with Gasteiger partial charge in [-0.3, -0.25) is 4.79 Å². The van der Waals surface area contributed by atoms with Crippen molar-refractivity contribution in [2.24, 2.45) is 11.7 Å². The van der Waals surface area contributed by atoms with Crippen molar-refractivity contribution >= 4 is 5.91 Å². The van der Waals surface area contributed by atoms with Crippen LogP contribution in [-0.4, -0.2) is 37.6 Å². The maximum absolute atomic E-state index is 12.7. The van der Waals surface area contributed by atoms with Crippen LogP contribution in [0.1, 0.15) is 33.6 Å². The minimum absolute atomic E-state index is 0.0725. The molecule has 4 nitrogen and oxygen atoms in total. The van der Waals surface area contributed by atoms with Gasteiger partial charge >= 0.3 is 0 Å². The first-order chi connectivity index (χ1) is 8.26. The minimum Gasteiger partial charge on any atom is -0.378 e. The van der Waals surface area contributed by atoms with Crippen LogP contribution in [0.3, 0.4) is 0 Å². The Morgan fingerprint density at radius 2 is 2.00 bits per heavy atom. The summed E-state index contributed by atoms with van der Waals surface area (Å²) in [5, 5.41) is 2.14. The summed E-state index contributed by atoms with van der Waals surface area (Å²) in [7, 11) is 0. The van der Waals surface area contributed by atoms with E-state index in [1.807, 2.05) is 6.92 Å². The zero-order valence-electron chi connectivity index (χ0n) is 11.3. The van der Waals surface area contributed by atoms with Crippen LogP contribution >= 0.6 is 0 Å². The molecule has 0 bridgehead atoms. The van der Waals surface area contributed by atoms with E-state index >= 15 is 0 Å². The number of carbonyl (C=O) groups is 1. The second-order valence-electron chi connectivity index (χ2n) is 4.90. The smallest absolute Gasteiger partial charge is 0.277 e. The number of halogens is 2. The van der Waals surface area contributed by atoms with Crippen LogP contribution in [0, 0.1) is 5.92 Å². The average Bonchev–Trinajstić information content (AvgIpc) is 2.25. The van der Waals surface area contributed by atoms with E-state index in [-0.39, 0.29) is 19.1 Å². The zero-order valence-corrected chi connectivity index (χ0v) is 11.3. The summed E-state index contributed by atoms with van der Waals surface area (Å²) in [6, 6.07) is 0. The highest BCUT2D eigenvalue weighted by molar-refractivity contribution is 5.76. The van der Waals surface area contributed by atoms with Crippen molar-refractivity contribution < 1.29 is 18.3 Å². The molecule has 0 aromatic heterocycles. The minimum atomic E-state index is -3.04. The van der Waals surface area contributed by atoms with Gasteiger partial charge in [-0.25, -0.2) is 8.78 Å². The lowest BCUT2D eigenvalue weighted by Crippen LogP contribution is -2.41. The molecule has 0 aliphatic heterocycles. The van der Waals surface area contributed by atoms with E-state index in [1.165, 1.54) is 0 Å². The monoisotopic (exact) mass is 266 g/mol. The van der Waals surface area contributed by atoms with Crippen molar-refractivity contribution in [3.05, 3.63) is 0 Å². The number of hydrogen-bond acceptors (Lipinski definition) is 3. The van der Waals surface area contributed by atoms with E-state index in [2.05, 4.69) is 19.2 Å². The topological polar surface area (TPSA) is 64.3 Å². The number of hydrogen-bond donors (Lipinski definition) is 2. The van der Waals surface area contributed by atoms with Crippen LogP contribution < -0.4 is 11.1 Å². The fraction of sp³-hybridized carbons (Fsp3) is 0.917. The molecule has 3 N–H and O–H groups in total. The highest BCUT2D eigenvalue weighted by Crippen LogP contribution is 2.09. The van der Waals surface area contributed by atoms with Crippen LogP contribution in [0.25, 0.3) is 0 Å². The van der Waals surface area contributed by atoms with Crippen molar-refractivity contribution in [2.45, 2.75) is 45.6 Å². The summed E-state index contributed by atoms with van der Waals surface area (Å²) in [4.78, 5) is 11.2. The molecule has 0 spiro atoms. The number of nitrogens with one attached hydrogen (secondary N) is 1. The molecule has 1 unspecified atom stereocenters. The number of ether oxygens (including phenoxy) is 1. The number of carbonyl (C=O) groups excluding carboxylic acids is 1. The first kappa shape index (κ1) is 17.2. The summed E-state index contributed by atoms with van der Waals surface area (Å²) in [5.41, 5.74) is 4.85. The molecule has 0 saturated carbocycles. The Hall–Kier alpha value is -0.750. The van der Waals surface area contributed by atoms with Crippen molar-refractivity contribution in [3.8, 4) is 0 Å². The Morgan fingerprint density at radius 1 is 1.39 bits per heavy atom. The van der Waals surface area contributed by atoms with E-state index < -0.39 is 24.9 Å². The Labute approximate surface area is 107 Å². The predicted octanol–water partition coefficient (Wildman–Crippen LogP) is 1.54. The molecule has 18 heavy (non-hydrogen) atoms. The lowest BCUT2D eigenvalue weighted by Gasteiger charge is -2.16. The van der Waals surface area contributed by atoms with Crippen molar-refractivity contribution in [1.82, 2.24) is 5.32 Å². The molecule has 0 aliphatic rings. The second-order valence-corrected chi connectivity index (χ2v) is 4.90. The van der Waals surface area contributed by atoms with Gasteiger partial charge in [0.25, 0.3) is 5.92 Å². The zero-order chi connectivity index (χ0) is 14.2. The van der Waals surface area contributed by atoms with Gasteiger partial charge in [-0.2, -0.15) is 0 Å². The third-order valence-electron chi connectivity index (χ3n) is 2.38. The lowest BCUT2D eigenvalue weighted by atomic mass is 10.1. The van der Waals surface area contributed by atoms with Gasteiger partial charge in [-0.05, 0) is 19.3 Å². The first-order valence-corrected chi connectivity index (χ1v) is 6.23. The Kier molecular flexibility index (Phi) is 8.02. The fourth-order valence-corrected chi connectivity index (χ4v) is 1.47. The maximum Gasteiger partial charge on any atom is 0.277 e. The van der Waals surface area contributed by atoms with E-state index in [1.54, 1.807) is 0 Å². The van der Waals surface area contributed by atoms with Gasteiger partial charge < -0.3 is 15.8 Å². The van der Waals surface area contributed by atoms with Gasteiger partial charge in [-0.15, -0.1) is 0 Å². The molecule has 6 heteroatoms. The van der Waals surface area contributed by atoms with Crippen LogP contribution in [0.4, 0.5) is 8.78 Å². The van der Waals surface area contributed by atoms with E-state index in [0.29, 0.717) is 5.92 Å². The highest BCUT2D eigenvalue weighted by Gasteiger charge is 2.26. The van der Waals surface area contributed by atoms with Crippen molar-refractivity contribution in [2.75, 3.05) is 19.7 Å². The summed E-state index contributed by atoms with van der Waals surface area (Å²) in [6.45, 7) is 4.86. The molecule has 0 radical (unpaired) electrons. The highest BCUT2D eigenvalue weighted by atomic mass is 19.3. The van der Waals surface area contributed by atoms with Crippen LogP contribution in [0.15, 0.2) is 0 Å². The molecule has 0 saturated heterocycles. The second kappa shape index (κ2) is 8.37. The molecular weight excluding hydrogens is 242 g/mol. The normalized spacial score (nSPS) is 13.7. The van der Waals surface area contributed by atoms with Gasteiger partial charge in [0.1, 0.15) is 0 Å². The molecule has 0 aromatic carbocycles. The third-order valence-corrected chi connectivity index (χ3v) is 2.38. The van der Waals surface area contributed by atoms with Crippen molar-refractivity contribution in [1.29, 1.82) is 0 Å². The quantitative estimate of drug-likeness (QED) is 0.665. The molecular formula is C12H24F2N2O2. The van der Waals surface area contributed by atoms with Gasteiger partial charge in [0.2, 0.25) is 5.91 Å². The van der Waals surface area contributed by atoms with Crippen LogP contribution in [0.2, 0.25) is 0 Å². The molecule has 0 aromatic rings. The number of nitrogens with two attached hydrogens (primary N) is 1. The first-order valence-electron chi connectivity index (χ1n) is 6.23. The lowest BCUT2D eigenvalue weighted by molar-refractivity contribution is -0.124. The van der Waals surface area contributed by atoms with E-state index in [4.69, 9.17) is 10.5 Å². The Morgan fingerprint density at radius 3 is 2.50 bits per heavy atom. The fourth-order valence-electron chi connectivity index (χ4n) is 1.47. The molecule has 1 atom stereocenters. The van der Waals surface area contributed by atoms with Gasteiger partial charge in [0.05, 0.1) is 25.8 Å². The van der Waals surface area contributed by atoms with E-state index in [9.17, 15) is 13.6 Å². The molecule has 0 heterocycles. The Bertz CT molecular complexity index is 248. The average molecular weight is 266 g/mol. The van der Waals surface area contributed by atoms with Crippen LogP contribution in [0.5, 0.6) is 0 Å². The van der Waals surface area contributed by atoms with E-state index in [0.717, 1.165) is 6.42 Å². The SMILES string of the molecule is CC(C)CC(C)OCCC(=O)NCC(F)(F)CN. The number of rotatable bonds is 9. The Balaban J connectivity index is 3.66. The molecule has 0 rings (SSSR count). The van der Waals surface area contributed by atoms with Crippen LogP contribution in [-0.2, 0) is 9.53 Å². The predicted molar refractivity (Wildman–Crippen MR) is 66.5 cm³/mol. The largest absolute Gasteiger partial charge is 0.378 e. The summed E-state index contributed by atoms with van der Waals surface area (Å²) < 4.78 is 30.9. The number of amides is 1. The molecule has 0 fully saturated rings. The molecule has 1 amide bonds. The summed E-state index contributed by atoms with van der Waals surface area (Å²) >= 11 is 0. The van der Waals surface area contributed by atoms with Crippen molar-refractivity contribution in [3.63, 3.8) is 0 Å².